The van der Waals surface area contributed by atoms with Crippen molar-refractivity contribution < 1.29 is 14.1 Å². The third-order valence-corrected chi connectivity index (χ3v) is 6.48. The number of methoxy groups -OCH3 is 1. The van der Waals surface area contributed by atoms with Crippen molar-refractivity contribution in [1.82, 2.24) is 20.4 Å². The second-order valence-corrected chi connectivity index (χ2v) is 8.70. The van der Waals surface area contributed by atoms with Crippen molar-refractivity contribution in [1.29, 1.82) is 0 Å². The molecule has 4 aromatic rings. The van der Waals surface area contributed by atoms with Crippen molar-refractivity contribution in [3.63, 3.8) is 0 Å². The zero-order valence-corrected chi connectivity index (χ0v) is 20.6. The van der Waals surface area contributed by atoms with Gasteiger partial charge in [-0.2, -0.15) is 4.98 Å². The van der Waals surface area contributed by atoms with E-state index in [9.17, 15) is 4.79 Å². The Morgan fingerprint density at radius 1 is 1.00 bits per heavy atom. The molecule has 1 atom stereocenters. The number of hydrogen-bond acceptors (Lipinski definition) is 5. The molecule has 2 heterocycles. The molecule has 0 aliphatic carbocycles. The Balaban J connectivity index is 1.56. The number of allylic oxidation sites excluding steroid dienone is 1. The highest BCUT2D eigenvalue weighted by Crippen LogP contribution is 2.38. The van der Waals surface area contributed by atoms with E-state index in [0.29, 0.717) is 18.3 Å². The molecular weight excluding hydrogens is 452 g/mol. The molecule has 36 heavy (non-hydrogen) atoms. The van der Waals surface area contributed by atoms with Crippen LogP contribution in [0, 0.1) is 0 Å². The Hall–Kier alpha value is -4.39. The first-order valence-electron chi connectivity index (χ1n) is 12.0. The number of nitrogens with one attached hydrogen (secondary N) is 1. The van der Waals surface area contributed by atoms with Crippen LogP contribution in [0.4, 0.5) is 4.79 Å². The van der Waals surface area contributed by atoms with Crippen LogP contribution in [0.15, 0.2) is 89.1 Å². The SMILES string of the molecule is CCc1ccc(-c2noc(C3=C(C)N(Cc4cccc(OC)c4)C(=O)NC3c3ccccc3)n2)cc1. The molecule has 0 saturated heterocycles. The van der Waals surface area contributed by atoms with Gasteiger partial charge in [0.05, 0.1) is 25.3 Å². The van der Waals surface area contributed by atoms with Gasteiger partial charge in [-0.15, -0.1) is 0 Å². The minimum Gasteiger partial charge on any atom is -0.497 e. The minimum atomic E-state index is -0.420. The van der Waals surface area contributed by atoms with Crippen molar-refractivity contribution in [2.45, 2.75) is 32.9 Å². The summed E-state index contributed by atoms with van der Waals surface area (Å²) in [6, 6.07) is 25.0. The van der Waals surface area contributed by atoms with E-state index in [2.05, 4.69) is 29.5 Å². The van der Waals surface area contributed by atoms with E-state index < -0.39 is 6.04 Å². The molecular formula is C29H28N4O3. The maximum absolute atomic E-state index is 13.3. The highest BCUT2D eigenvalue weighted by molar-refractivity contribution is 5.86. The van der Waals surface area contributed by atoms with Crippen molar-refractivity contribution >= 4 is 11.6 Å². The lowest BCUT2D eigenvalue weighted by Crippen LogP contribution is -2.45. The van der Waals surface area contributed by atoms with E-state index in [-0.39, 0.29) is 6.03 Å². The number of carbonyl (C=O) groups excluding carboxylic acids is 1. The van der Waals surface area contributed by atoms with E-state index in [1.54, 1.807) is 12.0 Å². The van der Waals surface area contributed by atoms with E-state index in [1.807, 2.05) is 73.7 Å². The lowest BCUT2D eigenvalue weighted by atomic mass is 9.94. The third-order valence-electron chi connectivity index (χ3n) is 6.48. The van der Waals surface area contributed by atoms with Crippen LogP contribution in [0.5, 0.6) is 5.75 Å². The number of carbonyl (C=O) groups is 1. The molecule has 1 N–H and O–H groups in total. The number of rotatable bonds is 7. The molecule has 1 unspecified atom stereocenters. The summed E-state index contributed by atoms with van der Waals surface area (Å²) < 4.78 is 11.1. The van der Waals surface area contributed by atoms with Gasteiger partial charge in [-0.3, -0.25) is 4.90 Å². The molecule has 1 aliphatic rings. The normalized spacial score (nSPS) is 15.7. The van der Waals surface area contributed by atoms with Crippen LogP contribution in [0.3, 0.4) is 0 Å². The Labute approximate surface area is 210 Å². The highest BCUT2D eigenvalue weighted by atomic mass is 16.5. The fourth-order valence-electron chi connectivity index (χ4n) is 4.44. The van der Waals surface area contributed by atoms with Gasteiger partial charge in [-0.25, -0.2) is 4.79 Å². The van der Waals surface area contributed by atoms with E-state index in [0.717, 1.165) is 40.1 Å². The van der Waals surface area contributed by atoms with Gasteiger partial charge in [0, 0.05) is 11.3 Å². The van der Waals surface area contributed by atoms with Gasteiger partial charge < -0.3 is 14.6 Å². The molecule has 1 aliphatic heterocycles. The lowest BCUT2D eigenvalue weighted by Gasteiger charge is -2.35. The summed E-state index contributed by atoms with van der Waals surface area (Å²) in [6.45, 7) is 4.42. The Kier molecular flexibility index (Phi) is 6.54. The highest BCUT2D eigenvalue weighted by Gasteiger charge is 2.35. The van der Waals surface area contributed by atoms with Gasteiger partial charge >= 0.3 is 6.03 Å². The van der Waals surface area contributed by atoms with Crippen LogP contribution in [-0.2, 0) is 13.0 Å². The van der Waals surface area contributed by atoms with Crippen molar-refractivity contribution in [2.75, 3.05) is 7.11 Å². The first-order valence-corrected chi connectivity index (χ1v) is 12.0. The van der Waals surface area contributed by atoms with Crippen molar-refractivity contribution in [3.8, 4) is 17.1 Å². The summed E-state index contributed by atoms with van der Waals surface area (Å²) in [4.78, 5) is 19.7. The predicted octanol–water partition coefficient (Wildman–Crippen LogP) is 6.01. The van der Waals surface area contributed by atoms with E-state index >= 15 is 0 Å². The topological polar surface area (TPSA) is 80.5 Å². The summed E-state index contributed by atoms with van der Waals surface area (Å²) >= 11 is 0. The van der Waals surface area contributed by atoms with Gasteiger partial charge in [-0.1, -0.05) is 78.8 Å². The largest absolute Gasteiger partial charge is 0.497 e. The molecule has 0 radical (unpaired) electrons. The number of urea groups is 1. The number of nitrogens with zero attached hydrogens (tertiary/aromatic N) is 3. The third kappa shape index (κ3) is 4.60. The number of ether oxygens (including phenoxy) is 1. The predicted molar refractivity (Wildman–Crippen MR) is 138 cm³/mol. The second-order valence-electron chi connectivity index (χ2n) is 8.70. The monoisotopic (exact) mass is 480 g/mol. The summed E-state index contributed by atoms with van der Waals surface area (Å²) in [5.74, 6) is 1.63. The molecule has 7 nitrogen and oxygen atoms in total. The molecule has 0 saturated carbocycles. The molecule has 182 valence electrons. The maximum Gasteiger partial charge on any atom is 0.322 e. The van der Waals surface area contributed by atoms with Crippen LogP contribution in [0.1, 0.15) is 42.5 Å². The van der Waals surface area contributed by atoms with Crippen molar-refractivity contribution in [2.24, 2.45) is 0 Å². The van der Waals surface area contributed by atoms with Gasteiger partial charge in [0.2, 0.25) is 5.82 Å². The minimum absolute atomic E-state index is 0.192. The van der Waals surface area contributed by atoms with Crippen molar-refractivity contribution in [3.05, 3.63) is 107 Å². The van der Waals surface area contributed by atoms with E-state index in [1.165, 1.54) is 5.56 Å². The van der Waals surface area contributed by atoms with Crippen LogP contribution in [-0.4, -0.2) is 28.2 Å². The average molecular weight is 481 g/mol. The molecule has 2 amide bonds. The number of amides is 2. The molecule has 7 heteroatoms. The standard InChI is InChI=1S/C29H28N4O3/c1-4-20-13-15-23(16-14-20)27-31-28(36-32-27)25-19(2)33(18-21-9-8-12-24(17-21)35-3)29(34)30-26(25)22-10-6-5-7-11-22/h5-17,26H,4,18H2,1-3H3,(H,30,34). The molecule has 3 aromatic carbocycles. The lowest BCUT2D eigenvalue weighted by molar-refractivity contribution is 0.203. The average Bonchev–Trinajstić information content (AvgIpc) is 3.41. The zero-order valence-electron chi connectivity index (χ0n) is 20.6. The van der Waals surface area contributed by atoms with Gasteiger partial charge in [0.1, 0.15) is 5.75 Å². The van der Waals surface area contributed by atoms with Crippen LogP contribution in [0.25, 0.3) is 17.0 Å². The summed E-state index contributed by atoms with van der Waals surface area (Å²) in [7, 11) is 1.63. The summed E-state index contributed by atoms with van der Waals surface area (Å²) in [6.07, 6.45) is 0.964. The van der Waals surface area contributed by atoms with Gasteiger partial charge in [-0.05, 0) is 42.2 Å². The summed E-state index contributed by atoms with van der Waals surface area (Å²) in [5, 5.41) is 7.41. The molecule has 0 fully saturated rings. The molecule has 5 rings (SSSR count). The Morgan fingerprint density at radius 2 is 1.78 bits per heavy atom. The first kappa shape index (κ1) is 23.4. The fraction of sp³-hybridized carbons (Fsp3) is 0.207. The number of hydrogen-bond donors (Lipinski definition) is 1. The van der Waals surface area contributed by atoms with Crippen LogP contribution < -0.4 is 10.1 Å². The van der Waals surface area contributed by atoms with Crippen LogP contribution >= 0.6 is 0 Å². The number of aryl methyl sites for hydroxylation is 1. The molecule has 1 aromatic heterocycles. The van der Waals surface area contributed by atoms with E-state index in [4.69, 9.17) is 14.2 Å². The zero-order chi connectivity index (χ0) is 25.1. The quantitative estimate of drug-likeness (QED) is 0.351. The van der Waals surface area contributed by atoms with Gasteiger partial charge in [0.25, 0.3) is 5.89 Å². The van der Waals surface area contributed by atoms with Crippen LogP contribution in [0.2, 0.25) is 0 Å². The smallest absolute Gasteiger partial charge is 0.322 e. The Bertz CT molecular complexity index is 1390. The molecule has 0 bridgehead atoms. The Morgan fingerprint density at radius 3 is 2.50 bits per heavy atom. The first-order chi connectivity index (χ1) is 17.6. The fourth-order valence-corrected chi connectivity index (χ4v) is 4.44. The number of benzene rings is 3. The van der Waals surface area contributed by atoms with Gasteiger partial charge in [0.15, 0.2) is 0 Å². The summed E-state index contributed by atoms with van der Waals surface area (Å²) in [5.41, 5.74) is 5.54. The molecule has 0 spiro atoms. The maximum atomic E-state index is 13.3. The number of aromatic nitrogens is 2. The second kappa shape index (κ2) is 10.1.